The zero-order chi connectivity index (χ0) is 15.8. The molecule has 0 saturated heterocycles. The smallest absolute Gasteiger partial charge is 0.177 e. The van der Waals surface area contributed by atoms with E-state index in [9.17, 15) is 8.42 Å². The molecule has 0 aliphatic heterocycles. The van der Waals surface area contributed by atoms with Crippen molar-refractivity contribution in [3.8, 4) is 0 Å². The maximum Gasteiger partial charge on any atom is 0.177 e. The van der Waals surface area contributed by atoms with Gasteiger partial charge in [-0.3, -0.25) is 4.68 Å². The molecule has 2 aromatic rings. The fourth-order valence-corrected chi connectivity index (χ4v) is 3.48. The van der Waals surface area contributed by atoms with E-state index in [-0.39, 0.29) is 6.04 Å². The molecule has 1 N–H and O–H groups in total. The molecule has 0 bridgehead atoms. The van der Waals surface area contributed by atoms with E-state index in [1.807, 2.05) is 38.6 Å². The average Bonchev–Trinajstić information content (AvgIpc) is 2.62. The Balaban J connectivity index is 2.39. The second-order valence-corrected chi connectivity index (χ2v) is 7.33. The van der Waals surface area contributed by atoms with E-state index in [1.54, 1.807) is 18.2 Å². The van der Waals surface area contributed by atoms with Crippen LogP contribution in [-0.2, 0) is 16.9 Å². The van der Waals surface area contributed by atoms with E-state index in [0.29, 0.717) is 10.6 Å². The van der Waals surface area contributed by atoms with Crippen LogP contribution in [0.15, 0.2) is 29.2 Å². The highest BCUT2D eigenvalue weighted by Crippen LogP contribution is 2.28. The minimum absolute atomic E-state index is 0.0263. The highest BCUT2D eigenvalue weighted by Gasteiger charge is 2.19. The molecule has 2 rings (SSSR count). The molecule has 0 radical (unpaired) electrons. The van der Waals surface area contributed by atoms with Crippen LogP contribution in [0.4, 0.5) is 5.69 Å². The summed E-state index contributed by atoms with van der Waals surface area (Å²) >= 11 is 0. The predicted octanol–water partition coefficient (Wildman–Crippen LogP) is 2.61. The number of rotatable bonds is 4. The van der Waals surface area contributed by atoms with Gasteiger partial charge in [-0.2, -0.15) is 5.10 Å². The summed E-state index contributed by atoms with van der Waals surface area (Å²) in [5, 5.41) is 7.70. The molecule has 114 valence electrons. The molecule has 0 saturated carbocycles. The van der Waals surface area contributed by atoms with Crippen molar-refractivity contribution in [2.45, 2.75) is 31.7 Å². The minimum atomic E-state index is -3.26. The SMILES string of the molecule is Cc1nn(C)c(C)c1C(C)Nc1ccccc1S(C)(=O)=O. The largest absolute Gasteiger partial charge is 0.377 e. The summed E-state index contributed by atoms with van der Waals surface area (Å²) in [5.74, 6) is 0. The number of aryl methyl sites for hydroxylation is 2. The molecule has 21 heavy (non-hydrogen) atoms. The van der Waals surface area contributed by atoms with E-state index in [4.69, 9.17) is 0 Å². The normalized spacial score (nSPS) is 13.2. The molecule has 1 unspecified atom stereocenters. The first-order valence-electron chi connectivity index (χ1n) is 6.77. The number of nitrogens with one attached hydrogen (secondary N) is 1. The summed E-state index contributed by atoms with van der Waals surface area (Å²) in [6.07, 6.45) is 1.22. The minimum Gasteiger partial charge on any atom is -0.377 e. The number of sulfone groups is 1. The summed E-state index contributed by atoms with van der Waals surface area (Å²) in [6, 6.07) is 6.93. The highest BCUT2D eigenvalue weighted by atomic mass is 32.2. The van der Waals surface area contributed by atoms with Crippen LogP contribution in [0.2, 0.25) is 0 Å². The second kappa shape index (κ2) is 5.52. The second-order valence-electron chi connectivity index (χ2n) is 5.34. The van der Waals surface area contributed by atoms with Crippen molar-refractivity contribution in [1.29, 1.82) is 0 Å². The van der Waals surface area contributed by atoms with Crippen LogP contribution in [0.25, 0.3) is 0 Å². The standard InChI is InChI=1S/C15H21N3O2S/c1-10(15-11(2)17-18(4)12(15)3)16-13-8-6-7-9-14(13)21(5,19)20/h6-10,16H,1-5H3. The van der Waals surface area contributed by atoms with Gasteiger partial charge in [0.1, 0.15) is 0 Å². The van der Waals surface area contributed by atoms with Gasteiger partial charge >= 0.3 is 0 Å². The third kappa shape index (κ3) is 3.10. The van der Waals surface area contributed by atoms with Gasteiger partial charge in [0, 0.05) is 24.6 Å². The molecular formula is C15H21N3O2S. The Morgan fingerprint density at radius 2 is 1.86 bits per heavy atom. The van der Waals surface area contributed by atoms with Crippen molar-refractivity contribution >= 4 is 15.5 Å². The number of anilines is 1. The van der Waals surface area contributed by atoms with Crippen LogP contribution >= 0.6 is 0 Å². The molecule has 1 aromatic carbocycles. The van der Waals surface area contributed by atoms with Crippen LogP contribution in [0, 0.1) is 13.8 Å². The first kappa shape index (κ1) is 15.6. The molecule has 0 aliphatic carbocycles. The molecule has 0 aliphatic rings. The summed E-state index contributed by atoms with van der Waals surface area (Å²) in [7, 11) is -1.35. The lowest BCUT2D eigenvalue weighted by Gasteiger charge is -2.18. The van der Waals surface area contributed by atoms with Gasteiger partial charge in [0.2, 0.25) is 0 Å². The summed E-state index contributed by atoms with van der Waals surface area (Å²) in [6.45, 7) is 5.98. The predicted molar refractivity (Wildman–Crippen MR) is 84.3 cm³/mol. The van der Waals surface area contributed by atoms with Crippen molar-refractivity contribution in [3.05, 3.63) is 41.2 Å². The first-order chi connectivity index (χ1) is 9.71. The Bertz CT molecular complexity index is 763. The summed E-state index contributed by atoms with van der Waals surface area (Å²) in [4.78, 5) is 0.316. The van der Waals surface area contributed by atoms with E-state index in [0.717, 1.165) is 17.0 Å². The number of aromatic nitrogens is 2. The highest BCUT2D eigenvalue weighted by molar-refractivity contribution is 7.90. The van der Waals surface area contributed by atoms with Gasteiger partial charge < -0.3 is 5.32 Å². The van der Waals surface area contributed by atoms with Gasteiger partial charge in [-0.15, -0.1) is 0 Å². The Kier molecular flexibility index (Phi) is 4.09. The molecule has 6 heteroatoms. The van der Waals surface area contributed by atoms with E-state index in [1.165, 1.54) is 6.26 Å². The Hall–Kier alpha value is -1.82. The molecule has 0 spiro atoms. The van der Waals surface area contributed by atoms with Crippen molar-refractivity contribution in [1.82, 2.24) is 9.78 Å². The molecular weight excluding hydrogens is 286 g/mol. The van der Waals surface area contributed by atoms with Crippen LogP contribution in [0.3, 0.4) is 0 Å². The zero-order valence-corrected chi connectivity index (χ0v) is 13.8. The number of para-hydroxylation sites is 1. The fraction of sp³-hybridized carbons (Fsp3) is 0.400. The van der Waals surface area contributed by atoms with E-state index >= 15 is 0 Å². The number of hydrogen-bond donors (Lipinski definition) is 1. The van der Waals surface area contributed by atoms with Crippen molar-refractivity contribution in [3.63, 3.8) is 0 Å². The van der Waals surface area contributed by atoms with Gasteiger partial charge in [-0.25, -0.2) is 8.42 Å². The molecule has 0 amide bonds. The van der Waals surface area contributed by atoms with Crippen LogP contribution in [0.1, 0.15) is 29.9 Å². The first-order valence-corrected chi connectivity index (χ1v) is 8.66. The molecule has 0 fully saturated rings. The van der Waals surface area contributed by atoms with Gasteiger partial charge in [-0.1, -0.05) is 12.1 Å². The molecule has 1 aromatic heterocycles. The Labute approximate surface area is 125 Å². The van der Waals surface area contributed by atoms with Gasteiger partial charge in [0.05, 0.1) is 22.3 Å². The lowest BCUT2D eigenvalue weighted by Crippen LogP contribution is -2.12. The lowest BCUT2D eigenvalue weighted by molar-refractivity contribution is 0.602. The number of benzene rings is 1. The average molecular weight is 307 g/mol. The maximum atomic E-state index is 11.9. The van der Waals surface area contributed by atoms with Gasteiger partial charge in [-0.05, 0) is 32.9 Å². The monoisotopic (exact) mass is 307 g/mol. The van der Waals surface area contributed by atoms with Gasteiger partial charge in [0.25, 0.3) is 0 Å². The van der Waals surface area contributed by atoms with Crippen LogP contribution < -0.4 is 5.32 Å². The summed E-state index contributed by atoms with van der Waals surface area (Å²) in [5.41, 5.74) is 3.74. The summed E-state index contributed by atoms with van der Waals surface area (Å²) < 4.78 is 25.5. The van der Waals surface area contributed by atoms with E-state index < -0.39 is 9.84 Å². The number of hydrogen-bond acceptors (Lipinski definition) is 4. The zero-order valence-electron chi connectivity index (χ0n) is 13.0. The molecule has 1 heterocycles. The van der Waals surface area contributed by atoms with Crippen molar-refractivity contribution in [2.75, 3.05) is 11.6 Å². The quantitative estimate of drug-likeness (QED) is 0.943. The molecule has 1 atom stereocenters. The van der Waals surface area contributed by atoms with Crippen molar-refractivity contribution < 1.29 is 8.42 Å². The topological polar surface area (TPSA) is 64.0 Å². The Morgan fingerprint density at radius 1 is 1.24 bits per heavy atom. The molecule has 5 nitrogen and oxygen atoms in total. The Morgan fingerprint density at radius 3 is 2.38 bits per heavy atom. The fourth-order valence-electron chi connectivity index (χ4n) is 2.63. The van der Waals surface area contributed by atoms with Crippen molar-refractivity contribution in [2.24, 2.45) is 7.05 Å². The lowest BCUT2D eigenvalue weighted by atomic mass is 10.1. The van der Waals surface area contributed by atoms with Crippen LogP contribution in [-0.4, -0.2) is 24.5 Å². The number of nitrogens with zero attached hydrogens (tertiary/aromatic N) is 2. The van der Waals surface area contributed by atoms with Gasteiger partial charge in [0.15, 0.2) is 9.84 Å². The maximum absolute atomic E-state index is 11.9. The third-order valence-corrected chi connectivity index (χ3v) is 4.81. The van der Waals surface area contributed by atoms with Crippen LogP contribution in [0.5, 0.6) is 0 Å². The van der Waals surface area contributed by atoms with E-state index in [2.05, 4.69) is 10.4 Å². The third-order valence-electron chi connectivity index (χ3n) is 3.66.